The Labute approximate surface area is 117 Å². The van der Waals surface area contributed by atoms with Crippen LogP contribution in [-0.4, -0.2) is 23.8 Å². The van der Waals surface area contributed by atoms with Gasteiger partial charge in [-0.15, -0.1) is 0 Å². The molecule has 0 fully saturated rings. The van der Waals surface area contributed by atoms with Crippen LogP contribution in [0, 0.1) is 5.41 Å². The first-order valence-electron chi connectivity index (χ1n) is 6.04. The van der Waals surface area contributed by atoms with Gasteiger partial charge in [-0.25, -0.2) is 0 Å². The minimum Gasteiger partial charge on any atom is -0.384 e. The maximum Gasteiger partial charge on any atom is 0.224 e. The lowest BCUT2D eigenvalue weighted by atomic mass is 10.2. The highest BCUT2D eigenvalue weighted by molar-refractivity contribution is 5.96. The smallest absolute Gasteiger partial charge is 0.224 e. The van der Waals surface area contributed by atoms with Crippen molar-refractivity contribution in [2.75, 3.05) is 5.32 Å². The van der Waals surface area contributed by atoms with Gasteiger partial charge < -0.3 is 20.6 Å². The van der Waals surface area contributed by atoms with E-state index >= 15 is 0 Å². The minimum atomic E-state index is -0.198. The quantitative estimate of drug-likeness (QED) is 0.429. The topological polar surface area (TPSA) is 113 Å². The van der Waals surface area contributed by atoms with E-state index in [0.717, 1.165) is 6.29 Å². The van der Waals surface area contributed by atoms with Crippen LogP contribution in [0.4, 0.5) is 5.69 Å². The number of Topliss-reactive ketones (excluding diaryl/α,β-unsaturated/α-hetero) is 1. The summed E-state index contributed by atoms with van der Waals surface area (Å²) in [6.07, 6.45) is 1.18. The summed E-state index contributed by atoms with van der Waals surface area (Å²) in [4.78, 5) is 30.9. The Bertz CT molecular complexity index is 481. The van der Waals surface area contributed by atoms with E-state index in [-0.39, 0.29) is 30.4 Å². The Morgan fingerprint density at radius 2 is 1.75 bits per heavy atom. The minimum absolute atomic E-state index is 0.00734. The summed E-state index contributed by atoms with van der Waals surface area (Å²) in [5.74, 6) is -0.220. The lowest BCUT2D eigenvalue weighted by molar-refractivity contribution is -0.121. The average molecular weight is 277 g/mol. The molecule has 0 unspecified atom stereocenters. The zero-order valence-electron chi connectivity index (χ0n) is 11.6. The summed E-state index contributed by atoms with van der Waals surface area (Å²) in [5, 5.41) is 9.87. The zero-order valence-corrected chi connectivity index (χ0v) is 11.6. The summed E-state index contributed by atoms with van der Waals surface area (Å²) in [6, 6.07) is 6.65. The first-order chi connectivity index (χ1) is 9.40. The normalized spacial score (nSPS) is 8.90. The fourth-order valence-corrected chi connectivity index (χ4v) is 1.25. The van der Waals surface area contributed by atoms with E-state index in [2.05, 4.69) is 5.32 Å². The molecule has 4 N–H and O–H groups in total. The average Bonchev–Trinajstić information content (AvgIpc) is 2.38. The molecule has 0 aliphatic heterocycles. The Morgan fingerprint density at radius 1 is 1.25 bits per heavy atom. The van der Waals surface area contributed by atoms with Crippen molar-refractivity contribution < 1.29 is 14.4 Å². The van der Waals surface area contributed by atoms with Crippen molar-refractivity contribution >= 4 is 29.5 Å². The van der Waals surface area contributed by atoms with Crippen molar-refractivity contribution in [1.82, 2.24) is 0 Å². The number of carbonyl (C=O) groups excluding carboxylic acids is 3. The number of hydrogen-bond donors (Lipinski definition) is 3. The number of nitrogens with two attached hydrogens (primary N) is 1. The molecular weight excluding hydrogens is 258 g/mol. The monoisotopic (exact) mass is 277 g/mol. The highest BCUT2D eigenvalue weighted by Crippen LogP contribution is 2.09. The van der Waals surface area contributed by atoms with Gasteiger partial charge in [0.05, 0.1) is 0 Å². The molecule has 6 heteroatoms. The van der Waals surface area contributed by atoms with Crippen molar-refractivity contribution in [2.45, 2.75) is 26.7 Å². The molecule has 0 saturated carbocycles. The van der Waals surface area contributed by atoms with Crippen LogP contribution in [-0.2, 0) is 14.4 Å². The zero-order chi connectivity index (χ0) is 15.5. The van der Waals surface area contributed by atoms with Crippen LogP contribution in [0.15, 0.2) is 24.3 Å². The molecule has 20 heavy (non-hydrogen) atoms. The second-order valence-corrected chi connectivity index (χ2v) is 3.98. The van der Waals surface area contributed by atoms with Crippen LogP contribution in [0.1, 0.15) is 32.3 Å². The van der Waals surface area contributed by atoms with Gasteiger partial charge in [0.15, 0.2) is 0 Å². The van der Waals surface area contributed by atoms with E-state index in [1.807, 2.05) is 0 Å². The molecule has 1 rings (SSSR count). The molecule has 6 nitrogen and oxygen atoms in total. The van der Waals surface area contributed by atoms with E-state index in [9.17, 15) is 9.59 Å². The predicted molar refractivity (Wildman–Crippen MR) is 77.7 cm³/mol. The largest absolute Gasteiger partial charge is 0.384 e. The Balaban J connectivity index is 0.00000110. The van der Waals surface area contributed by atoms with Gasteiger partial charge in [0.1, 0.15) is 17.9 Å². The van der Waals surface area contributed by atoms with Crippen LogP contribution in [0.5, 0.6) is 0 Å². The molecule has 0 aliphatic rings. The van der Waals surface area contributed by atoms with Gasteiger partial charge in [0, 0.05) is 24.1 Å². The van der Waals surface area contributed by atoms with E-state index in [1.54, 1.807) is 24.3 Å². The molecule has 1 aromatic carbocycles. The third-order valence-corrected chi connectivity index (χ3v) is 2.18. The number of anilines is 1. The third-order valence-electron chi connectivity index (χ3n) is 2.18. The number of ketones is 1. The standard InChI is InChI=1S/C12H15N3O2.C2H4O/c1-8(16)2-7-11(17)15-10-5-3-9(4-6-10)12(13)14;1-2-3/h3-6H,2,7H2,1H3,(H3,13,14)(H,15,17);2H,1H3. The molecule has 0 radical (unpaired) electrons. The molecule has 0 saturated heterocycles. The number of hydrogen-bond acceptors (Lipinski definition) is 4. The second kappa shape index (κ2) is 9.43. The lowest BCUT2D eigenvalue weighted by Crippen LogP contribution is -2.13. The number of nitrogens with one attached hydrogen (secondary N) is 2. The fraction of sp³-hybridized carbons (Fsp3) is 0.286. The van der Waals surface area contributed by atoms with Gasteiger partial charge in [-0.05, 0) is 38.1 Å². The number of aldehydes is 1. The predicted octanol–water partition coefficient (Wildman–Crippen LogP) is 1.48. The molecule has 1 amide bonds. The van der Waals surface area contributed by atoms with Gasteiger partial charge in [0.25, 0.3) is 0 Å². The summed E-state index contributed by atoms with van der Waals surface area (Å²) in [7, 11) is 0. The van der Waals surface area contributed by atoms with Gasteiger partial charge in [-0.1, -0.05) is 0 Å². The summed E-state index contributed by atoms with van der Waals surface area (Å²) in [5.41, 5.74) is 6.54. The summed E-state index contributed by atoms with van der Waals surface area (Å²) < 4.78 is 0. The maximum atomic E-state index is 11.4. The van der Waals surface area contributed by atoms with E-state index in [1.165, 1.54) is 13.8 Å². The van der Waals surface area contributed by atoms with Crippen LogP contribution < -0.4 is 11.1 Å². The van der Waals surface area contributed by atoms with Gasteiger partial charge >= 0.3 is 0 Å². The molecule has 0 aromatic heterocycles. The molecule has 1 aromatic rings. The summed E-state index contributed by atoms with van der Waals surface area (Å²) in [6.45, 7) is 2.90. The van der Waals surface area contributed by atoms with E-state index in [0.29, 0.717) is 11.3 Å². The Morgan fingerprint density at radius 3 is 2.15 bits per heavy atom. The molecule has 0 aliphatic carbocycles. The van der Waals surface area contributed by atoms with Gasteiger partial charge in [0.2, 0.25) is 5.91 Å². The molecule has 0 spiro atoms. The Hall–Kier alpha value is -2.50. The fourth-order valence-electron chi connectivity index (χ4n) is 1.25. The van der Waals surface area contributed by atoms with Crippen molar-refractivity contribution in [2.24, 2.45) is 5.73 Å². The van der Waals surface area contributed by atoms with Crippen LogP contribution in [0.3, 0.4) is 0 Å². The first kappa shape index (κ1) is 17.5. The molecule has 0 atom stereocenters. The van der Waals surface area contributed by atoms with E-state index in [4.69, 9.17) is 15.9 Å². The first-order valence-corrected chi connectivity index (χ1v) is 6.04. The maximum absolute atomic E-state index is 11.4. The van der Waals surface area contributed by atoms with Crippen LogP contribution in [0.25, 0.3) is 0 Å². The van der Waals surface area contributed by atoms with Crippen molar-refractivity contribution in [3.05, 3.63) is 29.8 Å². The molecule has 108 valence electrons. The number of nitrogen functional groups attached to an aromatic ring is 1. The number of carbonyl (C=O) groups is 3. The highest BCUT2D eigenvalue weighted by Gasteiger charge is 2.04. The van der Waals surface area contributed by atoms with Gasteiger partial charge in [-0.2, -0.15) is 0 Å². The van der Waals surface area contributed by atoms with E-state index < -0.39 is 0 Å². The Kier molecular flexibility index (Phi) is 8.25. The van der Waals surface area contributed by atoms with Crippen molar-refractivity contribution in [3.8, 4) is 0 Å². The summed E-state index contributed by atoms with van der Waals surface area (Å²) >= 11 is 0. The molecular formula is C14H19N3O3. The number of amidine groups is 1. The lowest BCUT2D eigenvalue weighted by Gasteiger charge is -2.05. The SMILES string of the molecule is CC(=O)CCC(=O)Nc1ccc(C(=N)N)cc1.CC=O. The molecule has 0 bridgehead atoms. The second-order valence-electron chi connectivity index (χ2n) is 3.98. The van der Waals surface area contributed by atoms with Gasteiger partial charge in [-0.3, -0.25) is 10.2 Å². The van der Waals surface area contributed by atoms with Crippen molar-refractivity contribution in [1.29, 1.82) is 5.41 Å². The van der Waals surface area contributed by atoms with Crippen LogP contribution >= 0.6 is 0 Å². The highest BCUT2D eigenvalue weighted by atomic mass is 16.2. The number of amides is 1. The van der Waals surface area contributed by atoms with Crippen molar-refractivity contribution in [3.63, 3.8) is 0 Å². The third kappa shape index (κ3) is 7.75. The molecule has 0 heterocycles. The number of benzene rings is 1. The van der Waals surface area contributed by atoms with Crippen LogP contribution in [0.2, 0.25) is 0 Å². The number of rotatable bonds is 5.